The number of hydrogen-bond acceptors (Lipinski definition) is 2. The van der Waals surface area contributed by atoms with Crippen LogP contribution in [0.5, 0.6) is 0 Å². The van der Waals surface area contributed by atoms with Crippen molar-refractivity contribution in [2.75, 3.05) is 7.11 Å². The van der Waals surface area contributed by atoms with Crippen LogP contribution in [0.15, 0.2) is 23.0 Å². The van der Waals surface area contributed by atoms with Crippen molar-refractivity contribution in [2.45, 2.75) is 13.5 Å². The highest BCUT2D eigenvalue weighted by Gasteiger charge is 2.07. The highest BCUT2D eigenvalue weighted by atomic mass is 19.1. The predicted octanol–water partition coefficient (Wildman–Crippen LogP) is 2.12. The van der Waals surface area contributed by atoms with Gasteiger partial charge in [0.05, 0.1) is 12.1 Å². The summed E-state index contributed by atoms with van der Waals surface area (Å²) in [4.78, 5) is 14.8. The first-order valence-electron chi connectivity index (χ1n) is 4.93. The number of nitrogens with one attached hydrogen (secondary N) is 1. The minimum Gasteiger partial charge on any atom is -0.378 e. The van der Waals surface area contributed by atoms with Gasteiger partial charge in [0, 0.05) is 29.8 Å². The third kappa shape index (κ3) is 1.72. The molecule has 0 amide bonds. The van der Waals surface area contributed by atoms with Crippen molar-refractivity contribution in [3.05, 3.63) is 45.5 Å². The van der Waals surface area contributed by atoms with Crippen molar-refractivity contribution in [2.24, 2.45) is 0 Å². The molecule has 0 aliphatic carbocycles. The average molecular weight is 221 g/mol. The zero-order valence-corrected chi connectivity index (χ0v) is 9.13. The average Bonchev–Trinajstić information content (AvgIpc) is 2.25. The number of methoxy groups -OCH3 is 1. The molecule has 0 unspecified atom stereocenters. The molecule has 0 fully saturated rings. The monoisotopic (exact) mass is 221 g/mol. The lowest BCUT2D eigenvalue weighted by Gasteiger charge is -2.06. The van der Waals surface area contributed by atoms with Gasteiger partial charge in [-0.3, -0.25) is 4.79 Å². The smallest absolute Gasteiger partial charge is 0.189 e. The van der Waals surface area contributed by atoms with Crippen molar-refractivity contribution in [3.63, 3.8) is 0 Å². The van der Waals surface area contributed by atoms with Crippen LogP contribution in [0.3, 0.4) is 0 Å². The van der Waals surface area contributed by atoms with Crippen LogP contribution in [0.1, 0.15) is 11.3 Å². The van der Waals surface area contributed by atoms with Crippen LogP contribution in [-0.4, -0.2) is 12.1 Å². The van der Waals surface area contributed by atoms with Gasteiger partial charge in [-0.25, -0.2) is 4.39 Å². The van der Waals surface area contributed by atoms with Crippen molar-refractivity contribution in [1.29, 1.82) is 0 Å². The predicted molar refractivity (Wildman–Crippen MR) is 60.0 cm³/mol. The molecule has 0 radical (unpaired) electrons. The Bertz CT molecular complexity index is 589. The Morgan fingerprint density at radius 2 is 2.19 bits per heavy atom. The zero-order valence-electron chi connectivity index (χ0n) is 9.13. The van der Waals surface area contributed by atoms with Gasteiger partial charge >= 0.3 is 0 Å². The van der Waals surface area contributed by atoms with E-state index in [1.807, 2.05) is 0 Å². The van der Waals surface area contributed by atoms with E-state index in [0.29, 0.717) is 28.8 Å². The normalized spacial score (nSPS) is 10.9. The van der Waals surface area contributed by atoms with Crippen molar-refractivity contribution >= 4 is 10.9 Å². The Morgan fingerprint density at radius 3 is 2.88 bits per heavy atom. The van der Waals surface area contributed by atoms with Crippen molar-refractivity contribution < 1.29 is 9.13 Å². The Morgan fingerprint density at radius 1 is 1.44 bits per heavy atom. The van der Waals surface area contributed by atoms with Crippen LogP contribution in [0.2, 0.25) is 0 Å². The van der Waals surface area contributed by atoms with Gasteiger partial charge in [-0.2, -0.15) is 0 Å². The first-order valence-corrected chi connectivity index (χ1v) is 4.93. The molecule has 16 heavy (non-hydrogen) atoms. The molecule has 2 aromatic rings. The minimum absolute atomic E-state index is 0.121. The van der Waals surface area contributed by atoms with Gasteiger partial charge in [-0.05, 0) is 19.1 Å². The number of rotatable bonds is 2. The number of fused-ring (bicyclic) bond motifs is 1. The third-order valence-corrected chi connectivity index (χ3v) is 2.56. The van der Waals surface area contributed by atoms with Crippen LogP contribution in [0.4, 0.5) is 4.39 Å². The van der Waals surface area contributed by atoms with E-state index in [1.165, 1.54) is 18.2 Å². The van der Waals surface area contributed by atoms with Crippen LogP contribution in [0.25, 0.3) is 10.9 Å². The molecule has 0 bridgehead atoms. The molecule has 4 heteroatoms. The van der Waals surface area contributed by atoms with Gasteiger partial charge in [-0.1, -0.05) is 0 Å². The summed E-state index contributed by atoms with van der Waals surface area (Å²) in [5.74, 6) is -0.322. The molecular weight excluding hydrogens is 209 g/mol. The molecule has 2 rings (SSSR count). The maximum Gasteiger partial charge on any atom is 0.189 e. The van der Waals surface area contributed by atoms with Crippen LogP contribution >= 0.6 is 0 Å². The SMILES string of the molecule is COCc1cc(=O)c2ccc(F)c(C)c2[nH]1. The lowest BCUT2D eigenvalue weighted by molar-refractivity contribution is 0.181. The Labute approximate surface area is 91.9 Å². The second-order valence-electron chi connectivity index (χ2n) is 3.69. The van der Waals surface area contributed by atoms with E-state index in [1.54, 1.807) is 14.0 Å². The number of H-pyrrole nitrogens is 1. The molecule has 1 aromatic carbocycles. The standard InChI is InChI=1S/C12H12FNO2/c1-7-10(13)4-3-9-11(15)5-8(6-16-2)14-12(7)9/h3-5H,6H2,1-2H3,(H,14,15). The maximum atomic E-state index is 13.3. The summed E-state index contributed by atoms with van der Waals surface area (Å²) in [6.07, 6.45) is 0. The molecule has 1 aromatic heterocycles. The molecule has 1 N–H and O–H groups in total. The second kappa shape index (κ2) is 4.06. The number of aryl methyl sites for hydroxylation is 1. The Hall–Kier alpha value is -1.68. The van der Waals surface area contributed by atoms with E-state index >= 15 is 0 Å². The van der Waals surface area contributed by atoms with Crippen molar-refractivity contribution in [1.82, 2.24) is 4.98 Å². The van der Waals surface area contributed by atoms with Gasteiger partial charge < -0.3 is 9.72 Å². The van der Waals surface area contributed by atoms with Crippen LogP contribution in [0, 0.1) is 12.7 Å². The Balaban J connectivity index is 2.78. The van der Waals surface area contributed by atoms with E-state index in [2.05, 4.69) is 4.98 Å². The first-order chi connectivity index (χ1) is 7.63. The van der Waals surface area contributed by atoms with Gasteiger partial charge in [0.15, 0.2) is 5.43 Å². The maximum absolute atomic E-state index is 13.3. The lowest BCUT2D eigenvalue weighted by atomic mass is 10.1. The summed E-state index contributed by atoms with van der Waals surface area (Å²) in [6.45, 7) is 1.95. The number of aromatic nitrogens is 1. The first kappa shape index (κ1) is 10.8. The Kier molecular flexibility index (Phi) is 2.75. The number of pyridine rings is 1. The summed E-state index contributed by atoms with van der Waals surface area (Å²) < 4.78 is 18.3. The van der Waals surface area contributed by atoms with E-state index in [9.17, 15) is 9.18 Å². The number of benzene rings is 1. The minimum atomic E-state index is -0.322. The molecule has 0 aliphatic rings. The fourth-order valence-corrected chi connectivity index (χ4v) is 1.72. The van der Waals surface area contributed by atoms with Gasteiger partial charge in [0.25, 0.3) is 0 Å². The topological polar surface area (TPSA) is 42.1 Å². The van der Waals surface area contributed by atoms with Crippen molar-refractivity contribution in [3.8, 4) is 0 Å². The van der Waals surface area contributed by atoms with E-state index < -0.39 is 0 Å². The second-order valence-corrected chi connectivity index (χ2v) is 3.69. The summed E-state index contributed by atoms with van der Waals surface area (Å²) in [5, 5.41) is 0.499. The molecule has 0 spiro atoms. The summed E-state index contributed by atoms with van der Waals surface area (Å²) in [7, 11) is 1.54. The third-order valence-electron chi connectivity index (χ3n) is 2.56. The van der Waals surface area contributed by atoms with Gasteiger partial charge in [-0.15, -0.1) is 0 Å². The number of hydrogen-bond donors (Lipinski definition) is 1. The zero-order chi connectivity index (χ0) is 11.7. The lowest BCUT2D eigenvalue weighted by Crippen LogP contribution is -2.07. The molecule has 0 saturated heterocycles. The van der Waals surface area contributed by atoms with E-state index in [0.717, 1.165) is 0 Å². The van der Waals surface area contributed by atoms with E-state index in [4.69, 9.17) is 4.74 Å². The van der Waals surface area contributed by atoms with Gasteiger partial charge in [0.2, 0.25) is 0 Å². The largest absolute Gasteiger partial charge is 0.378 e. The van der Waals surface area contributed by atoms with Crippen LogP contribution < -0.4 is 5.43 Å². The summed E-state index contributed by atoms with van der Waals surface area (Å²) >= 11 is 0. The molecule has 0 aliphatic heterocycles. The summed E-state index contributed by atoms with van der Waals surface area (Å²) in [5.41, 5.74) is 1.52. The molecule has 0 saturated carbocycles. The fourth-order valence-electron chi connectivity index (χ4n) is 1.72. The number of ether oxygens (including phenoxy) is 1. The van der Waals surface area contributed by atoms with E-state index in [-0.39, 0.29) is 11.2 Å². The number of halogens is 1. The quantitative estimate of drug-likeness (QED) is 0.844. The number of aromatic amines is 1. The fraction of sp³-hybridized carbons (Fsp3) is 0.250. The van der Waals surface area contributed by atoms with Crippen LogP contribution in [-0.2, 0) is 11.3 Å². The molecule has 3 nitrogen and oxygen atoms in total. The molecule has 0 atom stereocenters. The molecular formula is C12H12FNO2. The highest BCUT2D eigenvalue weighted by Crippen LogP contribution is 2.16. The molecule has 1 heterocycles. The highest BCUT2D eigenvalue weighted by molar-refractivity contribution is 5.81. The van der Waals surface area contributed by atoms with Gasteiger partial charge in [0.1, 0.15) is 5.82 Å². The summed E-state index contributed by atoms with van der Waals surface area (Å²) in [6, 6.07) is 4.28. The molecule has 84 valence electrons.